The van der Waals surface area contributed by atoms with Gasteiger partial charge in [0.1, 0.15) is 5.82 Å². The fourth-order valence-corrected chi connectivity index (χ4v) is 2.39. The fraction of sp³-hybridized carbons (Fsp3) is 0.667. The molecule has 1 aliphatic heterocycles. The Kier molecular flexibility index (Phi) is 3.29. The molecule has 0 unspecified atom stereocenters. The van der Waals surface area contributed by atoms with Crippen molar-refractivity contribution in [1.82, 2.24) is 4.98 Å². The van der Waals surface area contributed by atoms with Gasteiger partial charge in [-0.1, -0.05) is 6.07 Å². The molecule has 1 aromatic heterocycles. The van der Waals surface area contributed by atoms with E-state index in [0.717, 1.165) is 11.4 Å². The smallest absolute Gasteiger partial charge is 0.398 e. The third-order valence-electron chi connectivity index (χ3n) is 4.72. The van der Waals surface area contributed by atoms with E-state index in [1.165, 1.54) is 19.3 Å². The number of pyridine rings is 1. The molecule has 3 rings (SSSR count). The van der Waals surface area contributed by atoms with Crippen LogP contribution in [0.4, 0.5) is 5.82 Å². The maximum Gasteiger partial charge on any atom is 0.514 e. The van der Waals surface area contributed by atoms with Crippen LogP contribution in [0.25, 0.3) is 0 Å². The molecule has 1 aromatic rings. The lowest BCUT2D eigenvalue weighted by Gasteiger charge is -2.32. The van der Waals surface area contributed by atoms with Gasteiger partial charge in [0.15, 0.2) is 0 Å². The minimum absolute atomic E-state index is 0.323. The number of nitrogens with zero attached hydrogens (tertiary/aromatic N) is 1. The van der Waals surface area contributed by atoms with Crippen molar-refractivity contribution in [2.45, 2.75) is 64.2 Å². The van der Waals surface area contributed by atoms with Gasteiger partial charge < -0.3 is 14.6 Å². The molecule has 5 heteroatoms. The van der Waals surface area contributed by atoms with Gasteiger partial charge in [-0.25, -0.2) is 4.98 Å². The summed E-state index contributed by atoms with van der Waals surface area (Å²) < 4.78 is 12.1. The molecule has 0 bridgehead atoms. The quantitative estimate of drug-likeness (QED) is 0.859. The first-order valence-electron chi connectivity index (χ1n) is 7.46. The van der Waals surface area contributed by atoms with E-state index < -0.39 is 0 Å². The molecule has 0 aromatic carbocycles. The average Bonchev–Trinajstić information content (AvgIpc) is 2.54. The van der Waals surface area contributed by atoms with Crippen LogP contribution in [-0.4, -0.2) is 29.3 Å². The summed E-state index contributed by atoms with van der Waals surface area (Å²) in [4.78, 5) is 4.65. The van der Waals surface area contributed by atoms with Crippen molar-refractivity contribution in [3.05, 3.63) is 18.2 Å². The largest absolute Gasteiger partial charge is 0.514 e. The summed E-state index contributed by atoms with van der Waals surface area (Å²) in [6.07, 6.45) is 3.79. The van der Waals surface area contributed by atoms with Crippen LogP contribution in [0.15, 0.2) is 18.2 Å². The van der Waals surface area contributed by atoms with E-state index in [0.29, 0.717) is 6.04 Å². The highest BCUT2D eigenvalue weighted by molar-refractivity contribution is 6.61. The third-order valence-corrected chi connectivity index (χ3v) is 4.72. The van der Waals surface area contributed by atoms with Crippen molar-refractivity contribution in [3.8, 4) is 0 Å². The SMILES string of the molecule is CC1(C)OB(c2cccc(NC3CCC3)n2)OC1(C)C. The van der Waals surface area contributed by atoms with Gasteiger partial charge in [0.2, 0.25) is 0 Å². The van der Waals surface area contributed by atoms with Gasteiger partial charge in [0.05, 0.1) is 16.8 Å². The summed E-state index contributed by atoms with van der Waals surface area (Å²) in [7, 11) is -0.386. The zero-order chi connectivity index (χ0) is 14.4. The molecule has 2 heterocycles. The molecule has 1 aliphatic carbocycles. The minimum atomic E-state index is -0.386. The number of rotatable bonds is 3. The van der Waals surface area contributed by atoms with Gasteiger partial charge in [0.25, 0.3) is 0 Å². The standard InChI is InChI=1S/C15H23BN2O2/c1-14(2)15(3,4)20-16(19-14)12-9-6-10-13(18-12)17-11-7-5-8-11/h6,9-11H,5,7-8H2,1-4H3,(H,17,18). The van der Waals surface area contributed by atoms with Crippen molar-refractivity contribution in [2.75, 3.05) is 5.32 Å². The molecule has 1 saturated carbocycles. The van der Waals surface area contributed by atoms with E-state index in [-0.39, 0.29) is 18.3 Å². The molecule has 2 aliphatic rings. The van der Waals surface area contributed by atoms with E-state index in [1.807, 2.05) is 18.2 Å². The summed E-state index contributed by atoms with van der Waals surface area (Å²) in [5.74, 6) is 0.918. The number of nitrogens with one attached hydrogen (secondary N) is 1. The van der Waals surface area contributed by atoms with Gasteiger partial charge in [0, 0.05) is 6.04 Å². The van der Waals surface area contributed by atoms with E-state index in [4.69, 9.17) is 9.31 Å². The first-order valence-corrected chi connectivity index (χ1v) is 7.46. The molecule has 20 heavy (non-hydrogen) atoms. The predicted molar refractivity (Wildman–Crippen MR) is 81.2 cm³/mol. The van der Waals surface area contributed by atoms with Crippen molar-refractivity contribution >= 4 is 18.5 Å². The topological polar surface area (TPSA) is 43.4 Å². The van der Waals surface area contributed by atoms with Crippen LogP contribution in [0.3, 0.4) is 0 Å². The first kappa shape index (κ1) is 13.9. The Balaban J connectivity index is 1.76. The van der Waals surface area contributed by atoms with Crippen LogP contribution in [0.1, 0.15) is 47.0 Å². The van der Waals surface area contributed by atoms with Gasteiger partial charge in [-0.3, -0.25) is 0 Å². The zero-order valence-electron chi connectivity index (χ0n) is 12.8. The Morgan fingerprint density at radius 1 is 1.15 bits per heavy atom. The average molecular weight is 274 g/mol. The Hall–Kier alpha value is -1.07. The molecular weight excluding hydrogens is 251 g/mol. The Bertz CT molecular complexity index is 484. The first-order chi connectivity index (χ1) is 9.37. The molecule has 1 N–H and O–H groups in total. The van der Waals surface area contributed by atoms with Crippen molar-refractivity contribution in [2.24, 2.45) is 0 Å². The normalized spacial score (nSPS) is 24.5. The Morgan fingerprint density at radius 2 is 1.80 bits per heavy atom. The van der Waals surface area contributed by atoms with Crippen LogP contribution in [0, 0.1) is 0 Å². The molecule has 108 valence electrons. The molecule has 0 spiro atoms. The minimum Gasteiger partial charge on any atom is -0.398 e. The van der Waals surface area contributed by atoms with E-state index in [2.05, 4.69) is 38.0 Å². The second-order valence-corrected chi connectivity index (χ2v) is 6.81. The van der Waals surface area contributed by atoms with E-state index >= 15 is 0 Å². The van der Waals surface area contributed by atoms with Crippen LogP contribution in [0.5, 0.6) is 0 Å². The molecular formula is C15H23BN2O2. The maximum absolute atomic E-state index is 6.04. The zero-order valence-corrected chi connectivity index (χ0v) is 12.8. The lowest BCUT2D eigenvalue weighted by atomic mass is 9.84. The lowest BCUT2D eigenvalue weighted by Crippen LogP contribution is -2.41. The molecule has 1 saturated heterocycles. The van der Waals surface area contributed by atoms with Crippen LogP contribution >= 0.6 is 0 Å². The van der Waals surface area contributed by atoms with Gasteiger partial charge >= 0.3 is 7.12 Å². The monoisotopic (exact) mass is 274 g/mol. The summed E-state index contributed by atoms with van der Waals surface area (Å²) in [5, 5.41) is 3.46. The summed E-state index contributed by atoms with van der Waals surface area (Å²) in [6, 6.07) is 6.56. The highest BCUT2D eigenvalue weighted by Gasteiger charge is 2.52. The van der Waals surface area contributed by atoms with Gasteiger partial charge in [-0.2, -0.15) is 0 Å². The fourth-order valence-electron chi connectivity index (χ4n) is 2.39. The van der Waals surface area contributed by atoms with Gasteiger partial charge in [-0.05, 0) is 59.1 Å². The Labute approximate surface area is 121 Å². The van der Waals surface area contributed by atoms with Crippen LogP contribution in [0.2, 0.25) is 0 Å². The summed E-state index contributed by atoms with van der Waals surface area (Å²) >= 11 is 0. The molecule has 0 atom stereocenters. The van der Waals surface area contributed by atoms with Crippen molar-refractivity contribution in [3.63, 3.8) is 0 Å². The summed E-state index contributed by atoms with van der Waals surface area (Å²) in [6.45, 7) is 8.24. The second kappa shape index (κ2) is 4.74. The number of hydrogen-bond donors (Lipinski definition) is 1. The van der Waals surface area contributed by atoms with Crippen molar-refractivity contribution < 1.29 is 9.31 Å². The molecule has 0 radical (unpaired) electrons. The molecule has 0 amide bonds. The van der Waals surface area contributed by atoms with Gasteiger partial charge in [-0.15, -0.1) is 0 Å². The highest BCUT2D eigenvalue weighted by atomic mass is 16.7. The molecule has 2 fully saturated rings. The lowest BCUT2D eigenvalue weighted by molar-refractivity contribution is 0.00578. The van der Waals surface area contributed by atoms with Crippen LogP contribution in [-0.2, 0) is 9.31 Å². The Morgan fingerprint density at radius 3 is 2.35 bits per heavy atom. The maximum atomic E-state index is 6.04. The predicted octanol–water partition coefficient (Wildman–Crippen LogP) is 2.35. The van der Waals surface area contributed by atoms with Crippen molar-refractivity contribution in [1.29, 1.82) is 0 Å². The molecule has 4 nitrogen and oxygen atoms in total. The number of hydrogen-bond acceptors (Lipinski definition) is 4. The summed E-state index contributed by atoms with van der Waals surface area (Å²) in [5.41, 5.74) is 0.195. The number of anilines is 1. The van der Waals surface area contributed by atoms with E-state index in [9.17, 15) is 0 Å². The number of aromatic nitrogens is 1. The van der Waals surface area contributed by atoms with Crippen LogP contribution < -0.4 is 10.9 Å². The highest BCUT2D eigenvalue weighted by Crippen LogP contribution is 2.36. The second-order valence-electron chi connectivity index (χ2n) is 6.81. The third kappa shape index (κ3) is 2.45. The van der Waals surface area contributed by atoms with E-state index in [1.54, 1.807) is 0 Å².